The predicted molar refractivity (Wildman–Crippen MR) is 150 cm³/mol. The number of carbonyl (C=O) groups excluding carboxylic acids is 1. The number of methoxy groups -OCH3 is 1. The van der Waals surface area contributed by atoms with Gasteiger partial charge in [-0.2, -0.15) is 0 Å². The summed E-state index contributed by atoms with van der Waals surface area (Å²) < 4.78 is 44.5. The van der Waals surface area contributed by atoms with Gasteiger partial charge in [-0.25, -0.2) is 13.2 Å². The maximum absolute atomic E-state index is 12.9. The molecule has 0 unspecified atom stereocenters. The van der Waals surface area contributed by atoms with Crippen LogP contribution in [0.5, 0.6) is 5.75 Å². The highest BCUT2D eigenvalue weighted by Crippen LogP contribution is 2.39. The third kappa shape index (κ3) is 6.33. The number of nitrogens with zero attached hydrogens (tertiary/aromatic N) is 1. The first-order valence-corrected chi connectivity index (χ1v) is 14.2. The van der Waals surface area contributed by atoms with E-state index in [2.05, 4.69) is 14.6 Å². The van der Waals surface area contributed by atoms with Gasteiger partial charge < -0.3 is 14.0 Å². The van der Waals surface area contributed by atoms with Crippen LogP contribution in [0.15, 0.2) is 70.1 Å². The number of ether oxygens (including phenoxy) is 2. The lowest BCUT2D eigenvalue weighted by Crippen LogP contribution is -2.14. The third-order valence-corrected chi connectivity index (χ3v) is 7.98. The minimum Gasteiger partial charge on any atom is -0.489 e. The number of nitrogens with one attached hydrogen (secondary N) is 1. The molecule has 1 aromatic heterocycles. The number of halogens is 3. The van der Waals surface area contributed by atoms with E-state index in [0.29, 0.717) is 38.4 Å². The van der Waals surface area contributed by atoms with Crippen LogP contribution in [0.4, 0.5) is 5.69 Å². The average Bonchev–Trinajstić information content (AvgIpc) is 3.32. The van der Waals surface area contributed by atoms with Crippen LogP contribution in [0.3, 0.4) is 0 Å². The number of carbonyl (C=O) groups is 1. The molecule has 0 amide bonds. The molecular weight excluding hydrogens is 587 g/mol. The summed E-state index contributed by atoms with van der Waals surface area (Å²) in [6.07, 6.45) is 0. The van der Waals surface area contributed by atoms with Gasteiger partial charge in [-0.05, 0) is 42.5 Å². The lowest BCUT2D eigenvalue weighted by molar-refractivity contribution is 0.0600. The van der Waals surface area contributed by atoms with Gasteiger partial charge in [0.25, 0.3) is 10.0 Å². The Morgan fingerprint density at radius 3 is 2.33 bits per heavy atom. The van der Waals surface area contributed by atoms with Crippen LogP contribution in [0.2, 0.25) is 15.1 Å². The lowest BCUT2D eigenvalue weighted by atomic mass is 10.0. The van der Waals surface area contributed by atoms with E-state index in [1.54, 1.807) is 24.3 Å². The molecule has 3 aromatic carbocycles. The fraction of sp³-hybridized carbons (Fsp3) is 0.185. The molecule has 8 nitrogen and oxygen atoms in total. The molecule has 0 aliphatic rings. The summed E-state index contributed by atoms with van der Waals surface area (Å²) in [5.74, 6) is 0.345. The van der Waals surface area contributed by atoms with Crippen molar-refractivity contribution in [1.82, 2.24) is 5.16 Å². The topological polar surface area (TPSA) is 108 Å². The van der Waals surface area contributed by atoms with Crippen LogP contribution in [0.25, 0.3) is 11.3 Å². The maximum atomic E-state index is 12.9. The minimum atomic E-state index is -4.05. The monoisotopic (exact) mass is 608 g/mol. The van der Waals surface area contributed by atoms with Gasteiger partial charge in [0.1, 0.15) is 23.8 Å². The zero-order chi connectivity index (χ0) is 28.3. The largest absolute Gasteiger partial charge is 0.489 e. The fourth-order valence-corrected chi connectivity index (χ4v) is 5.75. The fourth-order valence-electron chi connectivity index (χ4n) is 3.77. The molecule has 0 saturated carbocycles. The molecule has 4 aromatic rings. The van der Waals surface area contributed by atoms with E-state index < -0.39 is 16.0 Å². The van der Waals surface area contributed by atoms with Crippen LogP contribution in [-0.4, -0.2) is 26.7 Å². The number of hydrogen-bond acceptors (Lipinski definition) is 7. The van der Waals surface area contributed by atoms with Gasteiger partial charge >= 0.3 is 5.97 Å². The number of rotatable bonds is 9. The molecule has 0 aliphatic carbocycles. The number of hydrogen-bond donors (Lipinski definition) is 1. The Bertz CT molecular complexity index is 1620. The van der Waals surface area contributed by atoms with E-state index in [4.69, 9.17) is 44.1 Å². The highest BCUT2D eigenvalue weighted by atomic mass is 35.5. The Hall–Kier alpha value is -3.24. The van der Waals surface area contributed by atoms with Crippen molar-refractivity contribution in [3.05, 3.63) is 92.6 Å². The molecule has 0 fully saturated rings. The molecule has 39 heavy (non-hydrogen) atoms. The van der Waals surface area contributed by atoms with Crippen molar-refractivity contribution in [2.45, 2.75) is 31.3 Å². The predicted octanol–water partition coefficient (Wildman–Crippen LogP) is 7.59. The van der Waals surface area contributed by atoms with Crippen molar-refractivity contribution < 1.29 is 27.2 Å². The van der Waals surface area contributed by atoms with Crippen molar-refractivity contribution in [2.75, 3.05) is 11.8 Å². The molecule has 1 N–H and O–H groups in total. The smallest absolute Gasteiger partial charge is 0.337 e. The van der Waals surface area contributed by atoms with Crippen LogP contribution in [0, 0.1) is 0 Å². The first-order valence-electron chi connectivity index (χ1n) is 11.6. The quantitative estimate of drug-likeness (QED) is 0.195. The highest BCUT2D eigenvalue weighted by Gasteiger charge is 2.24. The van der Waals surface area contributed by atoms with Gasteiger partial charge in [-0.1, -0.05) is 65.9 Å². The molecule has 204 valence electrons. The van der Waals surface area contributed by atoms with E-state index >= 15 is 0 Å². The number of anilines is 1. The number of sulfonamides is 1. The van der Waals surface area contributed by atoms with Crippen molar-refractivity contribution >= 4 is 56.5 Å². The number of benzene rings is 3. The normalized spacial score (nSPS) is 11.5. The summed E-state index contributed by atoms with van der Waals surface area (Å²) in [7, 11) is -2.84. The molecule has 0 aliphatic heterocycles. The molecule has 4 rings (SSSR count). The van der Waals surface area contributed by atoms with E-state index in [-0.39, 0.29) is 33.7 Å². The summed E-state index contributed by atoms with van der Waals surface area (Å²) in [6, 6.07) is 15.2. The molecule has 12 heteroatoms. The molecule has 0 spiro atoms. The number of esters is 1. The molecular formula is C27H23Cl3N2O6S. The molecule has 0 radical (unpaired) electrons. The summed E-state index contributed by atoms with van der Waals surface area (Å²) >= 11 is 19.2. The van der Waals surface area contributed by atoms with E-state index in [9.17, 15) is 13.2 Å². The Balaban J connectivity index is 1.56. The van der Waals surface area contributed by atoms with Gasteiger partial charge in [-0.15, -0.1) is 0 Å². The first-order chi connectivity index (χ1) is 18.5. The minimum absolute atomic E-state index is 0.00386. The zero-order valence-electron chi connectivity index (χ0n) is 21.0. The van der Waals surface area contributed by atoms with Gasteiger partial charge in [0.15, 0.2) is 0 Å². The summed E-state index contributed by atoms with van der Waals surface area (Å²) in [5, 5.41) is 5.15. The second-order valence-electron chi connectivity index (χ2n) is 8.68. The second kappa shape index (κ2) is 11.9. The van der Waals surface area contributed by atoms with E-state index in [0.717, 1.165) is 0 Å². The summed E-state index contributed by atoms with van der Waals surface area (Å²) in [4.78, 5) is 11.7. The van der Waals surface area contributed by atoms with Crippen LogP contribution >= 0.6 is 34.8 Å². The van der Waals surface area contributed by atoms with Crippen LogP contribution in [0.1, 0.15) is 41.4 Å². The molecule has 0 bridgehead atoms. The van der Waals surface area contributed by atoms with Gasteiger partial charge in [0.05, 0.1) is 43.9 Å². The van der Waals surface area contributed by atoms with Gasteiger partial charge in [0.2, 0.25) is 0 Å². The Morgan fingerprint density at radius 1 is 1.00 bits per heavy atom. The molecule has 0 saturated heterocycles. The van der Waals surface area contributed by atoms with E-state index in [1.807, 2.05) is 13.8 Å². The lowest BCUT2D eigenvalue weighted by Gasteiger charge is -2.13. The first kappa shape index (κ1) is 28.8. The molecule has 0 atom stereocenters. The number of aromatic nitrogens is 1. The van der Waals surface area contributed by atoms with Gasteiger partial charge in [-0.3, -0.25) is 4.72 Å². The summed E-state index contributed by atoms with van der Waals surface area (Å²) in [6.45, 7) is 3.98. The van der Waals surface area contributed by atoms with E-state index in [1.165, 1.54) is 43.5 Å². The maximum Gasteiger partial charge on any atom is 0.337 e. The summed E-state index contributed by atoms with van der Waals surface area (Å²) in [5.41, 5.74) is 1.91. The standard InChI is InChI=1S/C27H23Cl3N2O6S/c1-15(2)26-19(25(31-38-26)24-20(28)8-5-9-21(24)29)14-37-17-10-11-23(22(30)13-17)32-39(34,35)18-7-4-6-16(12-18)27(33)36-3/h4-13,15,32H,14H2,1-3H3. The van der Waals surface area contributed by atoms with Crippen molar-refractivity contribution in [1.29, 1.82) is 0 Å². The zero-order valence-corrected chi connectivity index (χ0v) is 24.1. The second-order valence-corrected chi connectivity index (χ2v) is 11.6. The van der Waals surface area contributed by atoms with Crippen molar-refractivity contribution in [3.8, 4) is 17.0 Å². The third-order valence-electron chi connectivity index (χ3n) is 5.68. The van der Waals surface area contributed by atoms with Crippen LogP contribution in [-0.2, 0) is 21.4 Å². The average molecular weight is 610 g/mol. The van der Waals surface area contributed by atoms with Crippen molar-refractivity contribution in [3.63, 3.8) is 0 Å². The Labute approximate surface area is 240 Å². The van der Waals surface area contributed by atoms with Crippen molar-refractivity contribution in [2.24, 2.45) is 0 Å². The SMILES string of the molecule is COC(=O)c1cccc(S(=O)(=O)Nc2ccc(OCc3c(-c4c(Cl)cccc4Cl)noc3C(C)C)cc2Cl)c1. The Kier molecular flexibility index (Phi) is 8.76. The van der Waals surface area contributed by atoms with Crippen LogP contribution < -0.4 is 9.46 Å². The molecule has 1 heterocycles. The Morgan fingerprint density at radius 2 is 1.69 bits per heavy atom. The highest BCUT2D eigenvalue weighted by molar-refractivity contribution is 7.92. The van der Waals surface area contributed by atoms with Gasteiger partial charge in [0, 0.05) is 17.5 Å².